The van der Waals surface area contributed by atoms with Crippen molar-refractivity contribution in [2.24, 2.45) is 4.99 Å². The standard InChI is InChI=1S/C22H18ClN3O2S/c1-14-10-15(13-26(14)18-6-8-19(28-2)9-7-18)11-20-21(27)25-22(29-20)24-17-5-3-4-16(23)12-17/h3-13H,1-2H3,(H,24,25,27)/b20-11+. The second-order valence-corrected chi connectivity index (χ2v) is 7.91. The Balaban J connectivity index is 1.57. The second kappa shape index (κ2) is 8.19. The van der Waals surface area contributed by atoms with Crippen molar-refractivity contribution in [3.8, 4) is 11.4 Å². The van der Waals surface area contributed by atoms with Crippen molar-refractivity contribution in [3.63, 3.8) is 0 Å². The molecular formula is C22H18ClN3O2S. The molecule has 7 heteroatoms. The Morgan fingerprint density at radius 3 is 2.69 bits per heavy atom. The van der Waals surface area contributed by atoms with Crippen molar-refractivity contribution < 1.29 is 9.53 Å². The van der Waals surface area contributed by atoms with Crippen LogP contribution in [0.25, 0.3) is 11.8 Å². The number of hydrogen-bond acceptors (Lipinski definition) is 4. The van der Waals surface area contributed by atoms with Crippen molar-refractivity contribution in [1.29, 1.82) is 0 Å². The fraction of sp³-hybridized carbons (Fsp3) is 0.0909. The number of carbonyl (C=O) groups is 1. The molecule has 1 saturated heterocycles. The molecule has 5 nitrogen and oxygen atoms in total. The third kappa shape index (κ3) is 4.39. The third-order valence-electron chi connectivity index (χ3n) is 4.37. The van der Waals surface area contributed by atoms with Gasteiger partial charge in [-0.1, -0.05) is 17.7 Å². The number of rotatable bonds is 4. The number of amides is 1. The van der Waals surface area contributed by atoms with Crippen LogP contribution in [0, 0.1) is 6.92 Å². The lowest BCUT2D eigenvalue weighted by Gasteiger charge is -2.06. The smallest absolute Gasteiger partial charge is 0.264 e. The molecule has 0 spiro atoms. The molecule has 1 amide bonds. The lowest BCUT2D eigenvalue weighted by Crippen LogP contribution is -2.19. The van der Waals surface area contributed by atoms with Crippen molar-refractivity contribution in [3.05, 3.63) is 82.0 Å². The Hall–Kier alpha value is -2.96. The summed E-state index contributed by atoms with van der Waals surface area (Å²) in [5.41, 5.74) is 3.74. The highest BCUT2D eigenvalue weighted by Gasteiger charge is 2.24. The lowest BCUT2D eigenvalue weighted by atomic mass is 10.3. The van der Waals surface area contributed by atoms with Gasteiger partial charge in [0.2, 0.25) is 0 Å². The minimum absolute atomic E-state index is 0.161. The first-order valence-electron chi connectivity index (χ1n) is 8.90. The molecule has 4 rings (SSSR count). The number of halogens is 1. The molecule has 146 valence electrons. The number of thioether (sulfide) groups is 1. The maximum atomic E-state index is 12.4. The number of benzene rings is 2. The number of aryl methyl sites for hydroxylation is 1. The summed E-state index contributed by atoms with van der Waals surface area (Å²) in [5.74, 6) is 0.650. The van der Waals surface area contributed by atoms with Gasteiger partial charge < -0.3 is 14.6 Å². The number of nitrogens with zero attached hydrogens (tertiary/aromatic N) is 2. The van der Waals surface area contributed by atoms with Crippen molar-refractivity contribution in [2.45, 2.75) is 6.92 Å². The minimum Gasteiger partial charge on any atom is -0.497 e. The van der Waals surface area contributed by atoms with E-state index in [1.165, 1.54) is 11.8 Å². The van der Waals surface area contributed by atoms with Gasteiger partial charge in [-0.2, -0.15) is 0 Å². The average molecular weight is 424 g/mol. The first kappa shape index (κ1) is 19.4. The maximum absolute atomic E-state index is 12.4. The lowest BCUT2D eigenvalue weighted by molar-refractivity contribution is -0.115. The highest BCUT2D eigenvalue weighted by molar-refractivity contribution is 8.18. The first-order chi connectivity index (χ1) is 14.0. The molecule has 2 aromatic carbocycles. The average Bonchev–Trinajstić information content (AvgIpc) is 3.24. The molecule has 0 unspecified atom stereocenters. The Bertz CT molecular complexity index is 1130. The van der Waals surface area contributed by atoms with E-state index in [1.54, 1.807) is 19.2 Å². The molecule has 1 fully saturated rings. The van der Waals surface area contributed by atoms with Crippen LogP contribution in [-0.4, -0.2) is 22.8 Å². The number of carbonyl (C=O) groups excluding carboxylic acids is 1. The van der Waals surface area contributed by atoms with Crippen molar-refractivity contribution in [1.82, 2.24) is 9.88 Å². The first-order valence-corrected chi connectivity index (χ1v) is 10.1. The molecule has 1 aromatic heterocycles. The normalized spacial score (nSPS) is 16.4. The van der Waals surface area contributed by atoms with Crippen LogP contribution in [-0.2, 0) is 4.79 Å². The van der Waals surface area contributed by atoms with E-state index in [9.17, 15) is 4.79 Å². The molecule has 0 aliphatic carbocycles. The van der Waals surface area contributed by atoms with E-state index in [2.05, 4.69) is 14.9 Å². The van der Waals surface area contributed by atoms with Gasteiger partial charge in [0.05, 0.1) is 17.7 Å². The fourth-order valence-corrected chi connectivity index (χ4v) is 4.02. The molecule has 1 aliphatic heterocycles. The molecule has 0 bridgehead atoms. The Morgan fingerprint density at radius 2 is 1.97 bits per heavy atom. The third-order valence-corrected chi connectivity index (χ3v) is 5.52. The number of aliphatic imine (C=N–C) groups is 1. The van der Waals surface area contributed by atoms with Crippen molar-refractivity contribution >= 4 is 46.2 Å². The van der Waals surface area contributed by atoms with Crippen LogP contribution in [0.2, 0.25) is 5.02 Å². The topological polar surface area (TPSA) is 55.6 Å². The Labute approximate surface area is 178 Å². The van der Waals surface area contributed by atoms with Crippen LogP contribution >= 0.6 is 23.4 Å². The van der Waals surface area contributed by atoms with Gasteiger partial charge >= 0.3 is 0 Å². The van der Waals surface area contributed by atoms with Crippen LogP contribution in [0.15, 0.2) is 70.7 Å². The zero-order valence-corrected chi connectivity index (χ0v) is 17.4. The number of methoxy groups -OCH3 is 1. The summed E-state index contributed by atoms with van der Waals surface area (Å²) >= 11 is 7.31. The van der Waals surface area contributed by atoms with Crippen LogP contribution in [0.4, 0.5) is 5.69 Å². The summed E-state index contributed by atoms with van der Waals surface area (Å²) in [4.78, 5) is 17.4. The summed E-state index contributed by atoms with van der Waals surface area (Å²) < 4.78 is 7.29. The zero-order valence-electron chi connectivity index (χ0n) is 15.8. The van der Waals surface area contributed by atoms with Crippen molar-refractivity contribution in [2.75, 3.05) is 7.11 Å². The van der Waals surface area contributed by atoms with Gasteiger partial charge in [-0.3, -0.25) is 4.79 Å². The Morgan fingerprint density at radius 1 is 1.17 bits per heavy atom. The van der Waals surface area contributed by atoms with Gasteiger partial charge in [0.15, 0.2) is 5.17 Å². The van der Waals surface area contributed by atoms with Gasteiger partial charge in [-0.05, 0) is 78.9 Å². The summed E-state index contributed by atoms with van der Waals surface area (Å²) in [5, 5.41) is 3.94. The molecular weight excluding hydrogens is 406 g/mol. The van der Waals surface area contributed by atoms with Gasteiger partial charge in [0, 0.05) is 22.6 Å². The molecule has 3 aromatic rings. The van der Waals surface area contributed by atoms with Gasteiger partial charge in [-0.25, -0.2) is 4.99 Å². The van der Waals surface area contributed by atoms with E-state index in [4.69, 9.17) is 16.3 Å². The fourth-order valence-electron chi connectivity index (χ4n) is 2.99. The largest absolute Gasteiger partial charge is 0.497 e. The monoisotopic (exact) mass is 423 g/mol. The van der Waals surface area contributed by atoms with Crippen LogP contribution in [0.1, 0.15) is 11.3 Å². The van der Waals surface area contributed by atoms with E-state index < -0.39 is 0 Å². The highest BCUT2D eigenvalue weighted by atomic mass is 35.5. The van der Waals surface area contributed by atoms with Crippen LogP contribution in [0.5, 0.6) is 5.75 Å². The zero-order chi connectivity index (χ0) is 20.4. The minimum atomic E-state index is -0.161. The SMILES string of the molecule is COc1ccc(-n2cc(/C=C3/SC(=Nc4cccc(Cl)c4)NC3=O)cc2C)cc1. The molecule has 1 N–H and O–H groups in total. The second-order valence-electron chi connectivity index (χ2n) is 6.44. The van der Waals surface area contributed by atoms with E-state index in [0.717, 1.165) is 22.7 Å². The van der Waals surface area contributed by atoms with Gasteiger partial charge in [0.1, 0.15) is 5.75 Å². The molecule has 29 heavy (non-hydrogen) atoms. The number of aromatic nitrogens is 1. The quantitative estimate of drug-likeness (QED) is 0.576. The van der Waals surface area contributed by atoms with Crippen LogP contribution < -0.4 is 10.1 Å². The summed E-state index contributed by atoms with van der Waals surface area (Å²) in [7, 11) is 1.65. The van der Waals surface area contributed by atoms with Gasteiger partial charge in [-0.15, -0.1) is 0 Å². The van der Waals surface area contributed by atoms with E-state index >= 15 is 0 Å². The summed E-state index contributed by atoms with van der Waals surface area (Å²) in [6, 6.07) is 17.1. The molecule has 1 aliphatic rings. The predicted molar refractivity (Wildman–Crippen MR) is 119 cm³/mol. The number of hydrogen-bond donors (Lipinski definition) is 1. The molecule has 0 atom stereocenters. The molecule has 0 radical (unpaired) electrons. The van der Waals surface area contributed by atoms with E-state index in [1.807, 2.05) is 61.7 Å². The Kier molecular flexibility index (Phi) is 5.47. The van der Waals surface area contributed by atoms with Gasteiger partial charge in [0.25, 0.3) is 5.91 Å². The summed E-state index contributed by atoms with van der Waals surface area (Å²) in [6.07, 6.45) is 3.87. The number of amidine groups is 1. The number of nitrogens with one attached hydrogen (secondary N) is 1. The molecule has 2 heterocycles. The van der Waals surface area contributed by atoms with E-state index in [0.29, 0.717) is 20.8 Å². The van der Waals surface area contributed by atoms with E-state index in [-0.39, 0.29) is 5.91 Å². The highest BCUT2D eigenvalue weighted by Crippen LogP contribution is 2.29. The number of ether oxygens (including phenoxy) is 1. The maximum Gasteiger partial charge on any atom is 0.264 e. The van der Waals surface area contributed by atoms with Crippen LogP contribution in [0.3, 0.4) is 0 Å². The predicted octanol–water partition coefficient (Wildman–Crippen LogP) is 5.34. The molecule has 0 saturated carbocycles. The summed E-state index contributed by atoms with van der Waals surface area (Å²) in [6.45, 7) is 2.03.